The third-order valence-corrected chi connectivity index (χ3v) is 10.2. The number of nitrogens with one attached hydrogen (secondary N) is 5. The number of methoxy groups -OCH3 is 2. The van der Waals surface area contributed by atoms with Crippen molar-refractivity contribution in [1.82, 2.24) is 15.2 Å². The molecule has 0 spiro atoms. The van der Waals surface area contributed by atoms with E-state index in [0.717, 1.165) is 62.0 Å². The van der Waals surface area contributed by atoms with Gasteiger partial charge in [-0.3, -0.25) is 4.79 Å². The average molecular weight is 824 g/mol. The Kier molecular flexibility index (Phi) is 14.3. The summed E-state index contributed by atoms with van der Waals surface area (Å²) in [5.41, 5.74) is 3.29. The number of anilines is 5. The minimum absolute atomic E-state index is 0.195. The van der Waals surface area contributed by atoms with Crippen LogP contribution in [0.25, 0.3) is 10.8 Å². The largest absolute Gasteiger partial charge is 0.496 e. The quantitative estimate of drug-likeness (QED) is 0.0650. The van der Waals surface area contributed by atoms with Gasteiger partial charge in [0, 0.05) is 67.3 Å². The predicted molar refractivity (Wildman–Crippen MR) is 235 cm³/mol. The molecule has 5 N–H and O–H groups in total. The van der Waals surface area contributed by atoms with E-state index in [4.69, 9.17) is 18.9 Å². The summed E-state index contributed by atoms with van der Waals surface area (Å²) in [5.74, 6) is 2.23. The lowest BCUT2D eigenvalue weighted by atomic mass is 9.86. The van der Waals surface area contributed by atoms with E-state index in [0.29, 0.717) is 63.7 Å². The van der Waals surface area contributed by atoms with E-state index in [1.54, 1.807) is 48.7 Å². The second-order valence-corrected chi connectivity index (χ2v) is 16.2. The molecule has 3 amide bonds. The van der Waals surface area contributed by atoms with Gasteiger partial charge in [-0.15, -0.1) is 0 Å². The first-order valence-electron chi connectivity index (χ1n) is 19.5. The summed E-state index contributed by atoms with van der Waals surface area (Å²) in [5, 5.41) is 13.7. The molecule has 5 aromatic rings. The highest BCUT2D eigenvalue weighted by atomic mass is 32.2. The number of carbonyl (C=O) groups excluding carboxylic acids is 2. The second kappa shape index (κ2) is 19.7. The zero-order valence-corrected chi connectivity index (χ0v) is 35.2. The summed E-state index contributed by atoms with van der Waals surface area (Å²) in [6.45, 7) is 11.1. The molecule has 1 unspecified atom stereocenters. The van der Waals surface area contributed by atoms with Gasteiger partial charge < -0.3 is 49.8 Å². The van der Waals surface area contributed by atoms with E-state index < -0.39 is 17.0 Å². The minimum atomic E-state index is -1.36. The number of nitrogens with zero attached hydrogens (tertiary/aromatic N) is 2. The molecule has 0 saturated carbocycles. The molecule has 4 aromatic carbocycles. The van der Waals surface area contributed by atoms with Crippen LogP contribution in [0.1, 0.15) is 49.5 Å². The minimum Gasteiger partial charge on any atom is -0.496 e. The zero-order valence-electron chi connectivity index (χ0n) is 34.4. The molecule has 0 bridgehead atoms. The Balaban J connectivity index is 1.12. The third kappa shape index (κ3) is 11.4. The monoisotopic (exact) mass is 823 g/mol. The van der Waals surface area contributed by atoms with Gasteiger partial charge in [-0.25, -0.2) is 14.0 Å². The van der Waals surface area contributed by atoms with Crippen molar-refractivity contribution >= 4 is 62.3 Å². The molecule has 14 nitrogen and oxygen atoms in total. The molecule has 6 rings (SSSR count). The summed E-state index contributed by atoms with van der Waals surface area (Å²) >= 11 is 0. The first-order valence-corrected chi connectivity index (χ1v) is 21.1. The lowest BCUT2D eigenvalue weighted by Gasteiger charge is -2.24. The second-order valence-electron chi connectivity index (χ2n) is 15.1. The van der Waals surface area contributed by atoms with Crippen LogP contribution in [0.2, 0.25) is 0 Å². The van der Waals surface area contributed by atoms with Crippen molar-refractivity contribution in [3.63, 3.8) is 0 Å². The first-order chi connectivity index (χ1) is 28.4. The van der Waals surface area contributed by atoms with Crippen molar-refractivity contribution in [3.05, 3.63) is 96.2 Å². The fourth-order valence-corrected chi connectivity index (χ4v) is 7.21. The van der Waals surface area contributed by atoms with Crippen LogP contribution in [0.4, 0.5) is 33.4 Å². The lowest BCUT2D eigenvalue weighted by Crippen LogP contribution is -2.31. The Hall–Kier alpha value is -5.90. The van der Waals surface area contributed by atoms with Crippen molar-refractivity contribution in [1.29, 1.82) is 0 Å². The van der Waals surface area contributed by atoms with Gasteiger partial charge in [-0.05, 0) is 72.8 Å². The number of hydrogen-bond acceptors (Lipinski definition) is 10. The van der Waals surface area contributed by atoms with Gasteiger partial charge in [0.2, 0.25) is 0 Å². The molecule has 0 radical (unpaired) electrons. The number of rotatable bonds is 15. The number of amides is 3. The maximum Gasteiger partial charge on any atom is 0.323 e. The highest BCUT2D eigenvalue weighted by molar-refractivity contribution is 7.85. The standard InChI is InChI=1S/C44H53N7O7S/c1-44(2,3)29-25-36(41(56-5)37(26-29)50-59(6)54)49-43(53)48-35-15-16-38(33-12-8-7-11-32(33)35)58-31-17-19-45-40(28-31)47-30-13-14-34(39(27-30)55-4)42(52)46-18-9-20-51-21-10-23-57-24-22-51/h7-8,11-17,19,25-28,50H,9-10,18,20-24H2,1-6H3,(H,45,47)(H,46,52)(H2,48,49,53). The van der Waals surface area contributed by atoms with Crippen LogP contribution in [0.15, 0.2) is 85.1 Å². The number of hydrogen-bond donors (Lipinski definition) is 5. The van der Waals surface area contributed by atoms with Crippen LogP contribution in [0.3, 0.4) is 0 Å². The fraction of sp³-hybridized carbons (Fsp3) is 0.341. The Morgan fingerprint density at radius 3 is 2.41 bits per heavy atom. The molecule has 1 atom stereocenters. The van der Waals surface area contributed by atoms with Crippen molar-refractivity contribution in [2.24, 2.45) is 0 Å². The van der Waals surface area contributed by atoms with Crippen molar-refractivity contribution in [3.8, 4) is 23.0 Å². The van der Waals surface area contributed by atoms with E-state index in [9.17, 15) is 13.8 Å². The Labute approximate surface area is 347 Å². The number of ether oxygens (including phenoxy) is 4. The van der Waals surface area contributed by atoms with Crippen LogP contribution >= 0.6 is 0 Å². The Morgan fingerprint density at radius 1 is 0.864 bits per heavy atom. The van der Waals surface area contributed by atoms with Crippen LogP contribution in [-0.2, 0) is 21.1 Å². The molecule has 0 aliphatic carbocycles. The number of pyridine rings is 1. The summed E-state index contributed by atoms with van der Waals surface area (Å²) in [4.78, 5) is 33.4. The van der Waals surface area contributed by atoms with Crippen LogP contribution in [0.5, 0.6) is 23.0 Å². The van der Waals surface area contributed by atoms with Gasteiger partial charge in [0.05, 0.1) is 43.5 Å². The van der Waals surface area contributed by atoms with Crippen molar-refractivity contribution in [2.45, 2.75) is 39.0 Å². The number of fused-ring (bicyclic) bond motifs is 1. The Bertz CT molecular complexity index is 2290. The molecule has 1 fully saturated rings. The number of carbonyl (C=O) groups is 2. The van der Waals surface area contributed by atoms with E-state index >= 15 is 0 Å². The van der Waals surface area contributed by atoms with Gasteiger partial charge in [0.1, 0.15) is 34.1 Å². The molecule has 2 heterocycles. The van der Waals surface area contributed by atoms with Crippen LogP contribution in [0, 0.1) is 0 Å². The molecule has 1 aromatic heterocycles. The van der Waals surface area contributed by atoms with E-state index in [1.165, 1.54) is 20.5 Å². The van der Waals surface area contributed by atoms with Crippen LogP contribution < -0.4 is 40.2 Å². The molecule has 1 aliphatic heterocycles. The van der Waals surface area contributed by atoms with E-state index in [-0.39, 0.29) is 11.3 Å². The molecule has 59 heavy (non-hydrogen) atoms. The zero-order chi connectivity index (χ0) is 41.9. The van der Waals surface area contributed by atoms with Crippen molar-refractivity contribution < 1.29 is 32.7 Å². The maximum absolute atomic E-state index is 13.5. The third-order valence-electron chi connectivity index (χ3n) is 9.72. The normalized spacial score (nSPS) is 13.8. The number of urea groups is 1. The molecule has 15 heteroatoms. The lowest BCUT2D eigenvalue weighted by molar-refractivity contribution is 0.0948. The van der Waals surface area contributed by atoms with E-state index in [2.05, 4.69) is 56.6 Å². The van der Waals surface area contributed by atoms with Crippen LogP contribution in [-0.4, -0.2) is 85.9 Å². The summed E-state index contributed by atoms with van der Waals surface area (Å²) in [7, 11) is 1.68. The summed E-state index contributed by atoms with van der Waals surface area (Å²) < 4.78 is 38.2. The highest BCUT2D eigenvalue weighted by Crippen LogP contribution is 2.40. The summed E-state index contributed by atoms with van der Waals surface area (Å²) in [6.07, 6.45) is 5.05. The SMILES string of the molecule is COc1cc(Nc2cc(Oc3ccc(NC(=O)Nc4cc(C(C)(C)C)cc(NS(C)=O)c4OC)c4ccccc34)ccn2)ccc1C(=O)NCCCN1CCCOCC1. The van der Waals surface area contributed by atoms with E-state index in [1.807, 2.05) is 36.4 Å². The number of aromatic nitrogens is 1. The molecule has 312 valence electrons. The van der Waals surface area contributed by atoms with Gasteiger partial charge in [-0.2, -0.15) is 0 Å². The smallest absolute Gasteiger partial charge is 0.323 e. The molecular formula is C44H53N7O7S. The van der Waals surface area contributed by atoms with Crippen molar-refractivity contribution in [2.75, 3.05) is 80.5 Å². The number of benzene rings is 4. The predicted octanol–water partition coefficient (Wildman–Crippen LogP) is 8.28. The molecule has 1 saturated heterocycles. The first kappa shape index (κ1) is 42.7. The Morgan fingerprint density at radius 2 is 1.64 bits per heavy atom. The maximum atomic E-state index is 13.5. The van der Waals surface area contributed by atoms with Gasteiger partial charge in [0.15, 0.2) is 5.75 Å². The van der Waals surface area contributed by atoms with Gasteiger partial charge in [0.25, 0.3) is 5.91 Å². The summed E-state index contributed by atoms with van der Waals surface area (Å²) in [6, 6.07) is 23.3. The topological polar surface area (TPSA) is 164 Å². The molecule has 1 aliphatic rings. The van der Waals surface area contributed by atoms with Gasteiger partial charge >= 0.3 is 6.03 Å². The average Bonchev–Trinajstić information content (AvgIpc) is 3.49. The highest BCUT2D eigenvalue weighted by Gasteiger charge is 2.22. The van der Waals surface area contributed by atoms with Gasteiger partial charge in [-0.1, -0.05) is 45.0 Å². The molecular weight excluding hydrogens is 771 g/mol. The fourth-order valence-electron chi connectivity index (χ4n) is 6.75.